The summed E-state index contributed by atoms with van der Waals surface area (Å²) in [7, 11) is 2.44. The zero-order valence-corrected chi connectivity index (χ0v) is 20.2. The minimum absolute atomic E-state index is 0.0907. The van der Waals surface area contributed by atoms with Gasteiger partial charge in [-0.05, 0) is 61.5 Å². The molecule has 0 bridgehead atoms. The molecule has 0 aliphatic carbocycles. The minimum Gasteiger partial charge on any atom is -0.493 e. The van der Waals surface area contributed by atoms with Gasteiger partial charge in [0.1, 0.15) is 18.1 Å². The largest absolute Gasteiger partial charge is 0.493 e. The molecule has 0 saturated heterocycles. The van der Waals surface area contributed by atoms with E-state index in [0.29, 0.717) is 34.3 Å². The Balaban J connectivity index is 1.86. The molecule has 9 heteroatoms. The lowest BCUT2D eigenvalue weighted by Gasteiger charge is -2.14. The van der Waals surface area contributed by atoms with Crippen LogP contribution in [0.3, 0.4) is 0 Å². The maximum absolute atomic E-state index is 13.0. The second-order valence-electron chi connectivity index (χ2n) is 7.24. The first-order valence-electron chi connectivity index (χ1n) is 10.6. The van der Waals surface area contributed by atoms with Crippen molar-refractivity contribution in [1.29, 1.82) is 0 Å². The first-order chi connectivity index (χ1) is 16.8. The van der Waals surface area contributed by atoms with E-state index in [1.807, 2.05) is 6.92 Å². The Morgan fingerprint density at radius 3 is 2.11 bits per heavy atom. The van der Waals surface area contributed by atoms with Crippen LogP contribution in [0.5, 0.6) is 11.5 Å². The third-order valence-electron chi connectivity index (χ3n) is 4.85. The van der Waals surface area contributed by atoms with Crippen molar-refractivity contribution in [2.75, 3.05) is 26.1 Å². The van der Waals surface area contributed by atoms with Gasteiger partial charge >= 0.3 is 11.9 Å². The molecule has 3 aromatic carbocycles. The van der Waals surface area contributed by atoms with Crippen molar-refractivity contribution in [3.63, 3.8) is 0 Å². The molecule has 0 atom stereocenters. The van der Waals surface area contributed by atoms with Crippen molar-refractivity contribution in [3.8, 4) is 11.5 Å². The number of halogens is 1. The number of carbonyl (C=O) groups excluding carboxylic acids is 3. The van der Waals surface area contributed by atoms with Crippen molar-refractivity contribution < 1.29 is 33.3 Å². The zero-order chi connectivity index (χ0) is 25.4. The molecule has 0 aromatic heterocycles. The number of methoxy groups -OCH3 is 2. The van der Waals surface area contributed by atoms with Crippen LogP contribution in [0.4, 0.5) is 5.69 Å². The van der Waals surface area contributed by atoms with Gasteiger partial charge in [-0.15, -0.1) is 0 Å². The Bertz CT molecular complexity index is 1210. The Kier molecular flexibility index (Phi) is 8.69. The smallest absolute Gasteiger partial charge is 0.337 e. The summed E-state index contributed by atoms with van der Waals surface area (Å²) in [5.74, 6) is -0.632. The fourth-order valence-electron chi connectivity index (χ4n) is 3.22. The van der Waals surface area contributed by atoms with Gasteiger partial charge < -0.3 is 24.3 Å². The van der Waals surface area contributed by atoms with Crippen LogP contribution in [0.2, 0.25) is 5.02 Å². The first-order valence-corrected chi connectivity index (χ1v) is 11.0. The number of rotatable bonds is 9. The molecule has 182 valence electrons. The van der Waals surface area contributed by atoms with Crippen molar-refractivity contribution in [2.45, 2.75) is 13.5 Å². The lowest BCUT2D eigenvalue weighted by molar-refractivity contribution is 0.0599. The highest BCUT2D eigenvalue weighted by Gasteiger charge is 2.17. The van der Waals surface area contributed by atoms with E-state index in [2.05, 4.69) is 5.32 Å². The van der Waals surface area contributed by atoms with E-state index in [9.17, 15) is 14.4 Å². The van der Waals surface area contributed by atoms with Gasteiger partial charge in [-0.25, -0.2) is 9.59 Å². The molecule has 35 heavy (non-hydrogen) atoms. The predicted octanol–water partition coefficient (Wildman–Crippen LogP) is 5.14. The normalized spacial score (nSPS) is 10.3. The highest BCUT2D eigenvalue weighted by molar-refractivity contribution is 6.30. The molecule has 0 fully saturated rings. The quantitative estimate of drug-likeness (QED) is 0.408. The highest BCUT2D eigenvalue weighted by Crippen LogP contribution is 2.25. The monoisotopic (exact) mass is 497 g/mol. The maximum atomic E-state index is 13.0. The molecule has 3 aromatic rings. The minimum atomic E-state index is -0.659. The topological polar surface area (TPSA) is 100 Å². The zero-order valence-electron chi connectivity index (χ0n) is 19.4. The molecule has 1 amide bonds. The summed E-state index contributed by atoms with van der Waals surface area (Å²) in [6, 6.07) is 16.1. The van der Waals surface area contributed by atoms with Crippen molar-refractivity contribution in [3.05, 3.63) is 87.9 Å². The van der Waals surface area contributed by atoms with Crippen LogP contribution < -0.4 is 14.8 Å². The van der Waals surface area contributed by atoms with E-state index in [4.69, 9.17) is 30.5 Å². The van der Waals surface area contributed by atoms with E-state index < -0.39 is 17.8 Å². The maximum Gasteiger partial charge on any atom is 0.337 e. The summed E-state index contributed by atoms with van der Waals surface area (Å²) >= 11 is 6.02. The van der Waals surface area contributed by atoms with E-state index >= 15 is 0 Å². The molecule has 0 spiro atoms. The van der Waals surface area contributed by atoms with Crippen LogP contribution in [0.15, 0.2) is 60.7 Å². The van der Waals surface area contributed by atoms with Crippen molar-refractivity contribution in [2.24, 2.45) is 0 Å². The molecule has 1 N–H and O–H groups in total. The molecular formula is C26H24ClNO7. The number of amides is 1. The van der Waals surface area contributed by atoms with E-state index in [-0.39, 0.29) is 23.4 Å². The van der Waals surface area contributed by atoms with E-state index in [0.717, 1.165) is 0 Å². The standard InChI is InChI=1S/C26H24ClNO7/c1-4-34-23-9-8-16(10-19(23)15-35-22-7-5-6-20(27)14-22)24(29)28-21-12-17(25(30)32-2)11-18(13-21)26(31)33-3/h5-14H,4,15H2,1-3H3,(H,28,29). The lowest BCUT2D eigenvalue weighted by Crippen LogP contribution is -2.15. The van der Waals surface area contributed by atoms with Crippen LogP contribution in [0, 0.1) is 0 Å². The summed E-state index contributed by atoms with van der Waals surface area (Å²) in [5, 5.41) is 3.25. The average molecular weight is 498 g/mol. The van der Waals surface area contributed by atoms with Crippen LogP contribution >= 0.6 is 11.6 Å². The van der Waals surface area contributed by atoms with Crippen LogP contribution in [-0.4, -0.2) is 38.7 Å². The molecule has 0 saturated carbocycles. The molecule has 8 nitrogen and oxygen atoms in total. The van der Waals surface area contributed by atoms with Crippen LogP contribution in [0.1, 0.15) is 43.6 Å². The number of carbonyl (C=O) groups is 3. The number of esters is 2. The van der Waals surface area contributed by atoms with Gasteiger partial charge in [-0.1, -0.05) is 17.7 Å². The number of benzene rings is 3. The SMILES string of the molecule is CCOc1ccc(C(=O)Nc2cc(C(=O)OC)cc(C(=O)OC)c2)cc1COc1cccc(Cl)c1. The summed E-state index contributed by atoms with van der Waals surface area (Å²) in [4.78, 5) is 37.0. The molecule has 0 aliphatic rings. The third kappa shape index (κ3) is 6.74. The Morgan fingerprint density at radius 2 is 1.51 bits per heavy atom. The number of ether oxygens (including phenoxy) is 4. The van der Waals surface area contributed by atoms with Gasteiger partial charge in [-0.3, -0.25) is 4.79 Å². The molecule has 0 unspecified atom stereocenters. The van der Waals surface area contributed by atoms with E-state index in [1.165, 1.54) is 32.4 Å². The summed E-state index contributed by atoms with van der Waals surface area (Å²) in [5.41, 5.74) is 1.38. The number of nitrogens with one attached hydrogen (secondary N) is 1. The van der Waals surface area contributed by atoms with Crippen LogP contribution in [-0.2, 0) is 16.1 Å². The molecule has 3 rings (SSSR count). The summed E-state index contributed by atoms with van der Waals surface area (Å²) < 4.78 is 21.0. The van der Waals surface area contributed by atoms with Crippen molar-refractivity contribution in [1.82, 2.24) is 0 Å². The number of hydrogen-bond donors (Lipinski definition) is 1. The molecule has 0 radical (unpaired) electrons. The Morgan fingerprint density at radius 1 is 0.829 bits per heavy atom. The van der Waals surface area contributed by atoms with Gasteiger partial charge in [0.05, 0.1) is 32.0 Å². The van der Waals surface area contributed by atoms with Gasteiger partial charge in [0.25, 0.3) is 5.91 Å². The second-order valence-corrected chi connectivity index (χ2v) is 7.67. The summed E-state index contributed by atoms with van der Waals surface area (Å²) in [6.45, 7) is 2.43. The molecule has 0 aliphatic heterocycles. The highest BCUT2D eigenvalue weighted by atomic mass is 35.5. The predicted molar refractivity (Wildman–Crippen MR) is 130 cm³/mol. The van der Waals surface area contributed by atoms with Crippen molar-refractivity contribution >= 4 is 35.1 Å². The Hall–Kier alpha value is -4.04. The third-order valence-corrected chi connectivity index (χ3v) is 5.08. The summed E-state index contributed by atoms with van der Waals surface area (Å²) in [6.07, 6.45) is 0. The lowest BCUT2D eigenvalue weighted by atomic mass is 10.1. The average Bonchev–Trinajstić information content (AvgIpc) is 2.87. The van der Waals surface area contributed by atoms with E-state index in [1.54, 1.807) is 42.5 Å². The first kappa shape index (κ1) is 25.6. The molecular weight excluding hydrogens is 474 g/mol. The van der Waals surface area contributed by atoms with Gasteiger partial charge in [0.2, 0.25) is 0 Å². The number of anilines is 1. The Labute approximate surface area is 207 Å². The van der Waals surface area contributed by atoms with Gasteiger partial charge in [0, 0.05) is 21.8 Å². The second kappa shape index (κ2) is 11.9. The van der Waals surface area contributed by atoms with Gasteiger partial charge in [0.15, 0.2) is 0 Å². The van der Waals surface area contributed by atoms with Crippen LogP contribution in [0.25, 0.3) is 0 Å². The fraction of sp³-hybridized carbons (Fsp3) is 0.192. The molecule has 0 heterocycles. The fourth-order valence-corrected chi connectivity index (χ4v) is 3.40. The van der Waals surface area contributed by atoms with Gasteiger partial charge in [-0.2, -0.15) is 0 Å². The number of hydrogen-bond acceptors (Lipinski definition) is 7.